The first kappa shape index (κ1) is 19.2. The average Bonchev–Trinajstić information content (AvgIpc) is 3.31. The zero-order valence-electron chi connectivity index (χ0n) is 16.6. The van der Waals surface area contributed by atoms with Gasteiger partial charge in [-0.2, -0.15) is 0 Å². The number of amides is 1. The number of aromatic nitrogens is 2. The van der Waals surface area contributed by atoms with Gasteiger partial charge in [0.25, 0.3) is 5.56 Å². The molecule has 1 aliphatic carbocycles. The normalized spacial score (nSPS) is 21.0. The van der Waals surface area contributed by atoms with Crippen LogP contribution in [0.4, 0.5) is 0 Å². The number of hydrogen-bond acceptors (Lipinski definition) is 7. The largest absolute Gasteiger partial charge is 0.378 e. The number of carbonyl (C=O) groups excluding carboxylic acids is 1. The predicted octanol–water partition coefficient (Wildman–Crippen LogP) is 0.450. The van der Waals surface area contributed by atoms with E-state index in [1.54, 1.807) is 11.3 Å². The van der Waals surface area contributed by atoms with Gasteiger partial charge in [-0.05, 0) is 24.8 Å². The molecule has 2 aromatic heterocycles. The van der Waals surface area contributed by atoms with Gasteiger partial charge in [-0.25, -0.2) is 4.98 Å². The number of fused-ring (bicyclic) bond motifs is 3. The molecular formula is C20H27N5O3S. The SMILES string of the molecule is O=C(CN1CCN(Cc2nc3sc4c(c3c(=O)[nH]2)CCC4)CC1)N1CCOCC1. The van der Waals surface area contributed by atoms with Crippen molar-refractivity contribution in [2.75, 3.05) is 59.0 Å². The zero-order chi connectivity index (χ0) is 19.8. The van der Waals surface area contributed by atoms with E-state index in [4.69, 9.17) is 9.72 Å². The molecular weight excluding hydrogens is 390 g/mol. The summed E-state index contributed by atoms with van der Waals surface area (Å²) < 4.78 is 5.32. The molecule has 1 N–H and O–H groups in total. The Morgan fingerprint density at radius 1 is 1.07 bits per heavy atom. The van der Waals surface area contributed by atoms with Crippen molar-refractivity contribution in [3.63, 3.8) is 0 Å². The number of H-pyrrole nitrogens is 1. The predicted molar refractivity (Wildman–Crippen MR) is 111 cm³/mol. The molecule has 0 radical (unpaired) electrons. The Bertz CT molecular complexity index is 957. The third-order valence-electron chi connectivity index (χ3n) is 6.19. The summed E-state index contributed by atoms with van der Waals surface area (Å²) in [5.74, 6) is 0.948. The van der Waals surface area contributed by atoms with Crippen LogP contribution >= 0.6 is 11.3 Å². The average molecular weight is 418 g/mol. The molecule has 29 heavy (non-hydrogen) atoms. The van der Waals surface area contributed by atoms with Crippen LogP contribution in [-0.4, -0.2) is 89.6 Å². The fourth-order valence-electron chi connectivity index (χ4n) is 4.54. The van der Waals surface area contributed by atoms with Gasteiger partial charge in [0, 0.05) is 44.1 Å². The van der Waals surface area contributed by atoms with Crippen molar-refractivity contribution in [3.05, 3.63) is 26.6 Å². The molecule has 2 saturated heterocycles. The van der Waals surface area contributed by atoms with Crippen molar-refractivity contribution >= 4 is 27.5 Å². The smallest absolute Gasteiger partial charge is 0.259 e. The van der Waals surface area contributed by atoms with E-state index in [9.17, 15) is 9.59 Å². The van der Waals surface area contributed by atoms with E-state index >= 15 is 0 Å². The summed E-state index contributed by atoms with van der Waals surface area (Å²) in [6.45, 7) is 7.28. The second-order valence-corrected chi connectivity index (χ2v) is 9.18. The van der Waals surface area contributed by atoms with Gasteiger partial charge in [0.2, 0.25) is 5.91 Å². The number of nitrogens with one attached hydrogen (secondary N) is 1. The summed E-state index contributed by atoms with van der Waals surface area (Å²) in [5.41, 5.74) is 1.24. The third-order valence-corrected chi connectivity index (χ3v) is 7.37. The highest BCUT2D eigenvalue weighted by Gasteiger charge is 2.24. The molecule has 0 spiro atoms. The first-order valence-electron chi connectivity index (χ1n) is 10.5. The Labute approximate surface area is 173 Å². The summed E-state index contributed by atoms with van der Waals surface area (Å²) in [6, 6.07) is 0. The minimum atomic E-state index is 0.0131. The molecule has 4 heterocycles. The summed E-state index contributed by atoms with van der Waals surface area (Å²) in [4.78, 5) is 41.5. The molecule has 8 nitrogen and oxygen atoms in total. The molecule has 5 rings (SSSR count). The highest BCUT2D eigenvalue weighted by molar-refractivity contribution is 7.18. The van der Waals surface area contributed by atoms with E-state index in [1.165, 1.54) is 10.4 Å². The van der Waals surface area contributed by atoms with Crippen molar-refractivity contribution in [1.82, 2.24) is 24.7 Å². The lowest BCUT2D eigenvalue weighted by Gasteiger charge is -2.35. The quantitative estimate of drug-likeness (QED) is 0.778. The van der Waals surface area contributed by atoms with E-state index in [1.807, 2.05) is 4.90 Å². The maximum Gasteiger partial charge on any atom is 0.259 e. The Hall–Kier alpha value is -1.81. The van der Waals surface area contributed by atoms with Gasteiger partial charge in [0.15, 0.2) is 0 Å². The van der Waals surface area contributed by atoms with E-state index in [0.29, 0.717) is 39.4 Å². The lowest BCUT2D eigenvalue weighted by molar-refractivity contribution is -0.136. The molecule has 0 unspecified atom stereocenters. The van der Waals surface area contributed by atoms with Gasteiger partial charge in [-0.15, -0.1) is 11.3 Å². The lowest BCUT2D eigenvalue weighted by Crippen LogP contribution is -2.51. The lowest BCUT2D eigenvalue weighted by atomic mass is 10.2. The summed E-state index contributed by atoms with van der Waals surface area (Å²) in [6.07, 6.45) is 3.23. The number of piperazine rings is 1. The van der Waals surface area contributed by atoms with Crippen LogP contribution in [0.3, 0.4) is 0 Å². The number of aromatic amines is 1. The van der Waals surface area contributed by atoms with Crippen molar-refractivity contribution < 1.29 is 9.53 Å². The van der Waals surface area contributed by atoms with Crippen molar-refractivity contribution in [3.8, 4) is 0 Å². The molecule has 2 fully saturated rings. The first-order chi connectivity index (χ1) is 14.2. The maximum atomic E-state index is 12.6. The third kappa shape index (κ3) is 3.96. The van der Waals surface area contributed by atoms with Crippen LogP contribution in [-0.2, 0) is 28.9 Å². The van der Waals surface area contributed by atoms with Gasteiger partial charge >= 0.3 is 0 Å². The van der Waals surface area contributed by atoms with Crippen molar-refractivity contribution in [2.45, 2.75) is 25.8 Å². The van der Waals surface area contributed by atoms with Crippen molar-refractivity contribution in [2.24, 2.45) is 0 Å². The van der Waals surface area contributed by atoms with Crippen molar-refractivity contribution in [1.29, 1.82) is 0 Å². The number of morpholine rings is 1. The zero-order valence-corrected chi connectivity index (χ0v) is 17.4. The van der Waals surface area contributed by atoms with Gasteiger partial charge in [0.05, 0.1) is 31.7 Å². The maximum absolute atomic E-state index is 12.6. The van der Waals surface area contributed by atoms with Gasteiger partial charge in [-0.3, -0.25) is 19.4 Å². The molecule has 0 atom stereocenters. The molecule has 3 aliphatic rings. The molecule has 9 heteroatoms. The number of ether oxygens (including phenoxy) is 1. The molecule has 0 saturated carbocycles. The number of carbonyl (C=O) groups is 1. The standard InChI is InChI=1S/C20H27N5O3S/c26-17(25-8-10-28-11-9-25)13-24-6-4-23(5-7-24)12-16-21-19(27)18-14-2-1-3-15(14)29-20(18)22-16/h1-13H2,(H,21,22,27). The van der Waals surface area contributed by atoms with Crippen LogP contribution in [0.25, 0.3) is 10.2 Å². The van der Waals surface area contributed by atoms with Gasteiger partial charge in [-0.1, -0.05) is 0 Å². The number of nitrogens with zero attached hydrogens (tertiary/aromatic N) is 4. The van der Waals surface area contributed by atoms with Gasteiger partial charge in [0.1, 0.15) is 10.7 Å². The summed E-state index contributed by atoms with van der Waals surface area (Å²) >= 11 is 1.69. The molecule has 2 aromatic rings. The number of thiophene rings is 1. The minimum Gasteiger partial charge on any atom is -0.378 e. The highest BCUT2D eigenvalue weighted by atomic mass is 32.1. The van der Waals surface area contributed by atoms with Crippen LogP contribution in [0, 0.1) is 0 Å². The number of aryl methyl sites for hydroxylation is 2. The second kappa shape index (κ2) is 8.14. The van der Waals surface area contributed by atoms with E-state index in [0.717, 1.165) is 61.5 Å². The summed E-state index contributed by atoms with van der Waals surface area (Å²) in [7, 11) is 0. The Kier molecular flexibility index (Phi) is 5.38. The van der Waals surface area contributed by atoms with Crippen LogP contribution in [0.2, 0.25) is 0 Å². The topological polar surface area (TPSA) is 81.8 Å². The van der Waals surface area contributed by atoms with E-state index in [2.05, 4.69) is 14.8 Å². The fourth-order valence-corrected chi connectivity index (χ4v) is 5.82. The summed E-state index contributed by atoms with van der Waals surface area (Å²) in [5, 5.41) is 0.817. The Balaban J connectivity index is 1.18. The van der Waals surface area contributed by atoms with Crippen LogP contribution < -0.4 is 5.56 Å². The number of rotatable bonds is 4. The monoisotopic (exact) mass is 417 g/mol. The van der Waals surface area contributed by atoms with Crippen LogP contribution in [0.1, 0.15) is 22.7 Å². The number of hydrogen-bond donors (Lipinski definition) is 1. The van der Waals surface area contributed by atoms with Gasteiger partial charge < -0.3 is 14.6 Å². The van der Waals surface area contributed by atoms with E-state index in [-0.39, 0.29) is 11.5 Å². The first-order valence-corrected chi connectivity index (χ1v) is 11.3. The van der Waals surface area contributed by atoms with E-state index < -0.39 is 0 Å². The molecule has 0 aromatic carbocycles. The van der Waals surface area contributed by atoms with Crippen LogP contribution in [0.5, 0.6) is 0 Å². The molecule has 156 valence electrons. The Morgan fingerprint density at radius 2 is 1.83 bits per heavy atom. The fraction of sp³-hybridized carbons (Fsp3) is 0.650. The minimum absolute atomic E-state index is 0.0131. The Morgan fingerprint density at radius 3 is 2.62 bits per heavy atom. The highest BCUT2D eigenvalue weighted by Crippen LogP contribution is 2.34. The molecule has 1 amide bonds. The second-order valence-electron chi connectivity index (χ2n) is 8.10. The molecule has 0 bridgehead atoms. The molecule has 2 aliphatic heterocycles. The van der Waals surface area contributed by atoms with Crippen LogP contribution in [0.15, 0.2) is 4.79 Å².